The third kappa shape index (κ3) is 6.29. The Hall–Kier alpha value is -1.44. The largest absolute Gasteiger partial charge is 0.591 e. The first kappa shape index (κ1) is 22.8. The van der Waals surface area contributed by atoms with Crippen LogP contribution in [-0.2, 0) is 20.8 Å². The summed E-state index contributed by atoms with van der Waals surface area (Å²) in [6.07, 6.45) is 2.20. The van der Waals surface area contributed by atoms with Crippen LogP contribution in [0.3, 0.4) is 0 Å². The predicted octanol–water partition coefficient (Wildman–Crippen LogP) is 4.45. The van der Waals surface area contributed by atoms with Crippen LogP contribution in [0, 0.1) is 5.82 Å². The zero-order chi connectivity index (χ0) is 20.9. The third-order valence-corrected chi connectivity index (χ3v) is 5.65. The Bertz CT molecular complexity index is 742. The molecule has 0 aromatic heterocycles. The molecular weight excluding hydrogens is 379 g/mol. The first-order valence-corrected chi connectivity index (χ1v) is 10.7. The van der Waals surface area contributed by atoms with Gasteiger partial charge in [0.2, 0.25) is 5.90 Å². The number of aliphatic imine (C=N–C) groups is 1. The van der Waals surface area contributed by atoms with Crippen molar-refractivity contribution in [3.63, 3.8) is 0 Å². The smallest absolute Gasteiger partial charge is 0.217 e. The number of hydrogen-bond donors (Lipinski definition) is 0. The van der Waals surface area contributed by atoms with E-state index in [1.54, 1.807) is 13.2 Å². The van der Waals surface area contributed by atoms with E-state index in [9.17, 15) is 8.94 Å². The third-order valence-electron chi connectivity index (χ3n) is 4.22. The van der Waals surface area contributed by atoms with E-state index in [1.807, 2.05) is 34.6 Å². The molecular formula is C21H31FN2O3S. The Kier molecular flexibility index (Phi) is 7.65. The SMILES string of the molecule is COCCCCC(=N[S+]([O-])C(C)(C)C)c1cc(F)ccc1C1=NC(C)(C)CO1. The van der Waals surface area contributed by atoms with Gasteiger partial charge in [-0.15, -0.1) is 0 Å². The van der Waals surface area contributed by atoms with Crippen molar-refractivity contribution in [3.05, 3.63) is 35.1 Å². The van der Waals surface area contributed by atoms with E-state index >= 15 is 0 Å². The van der Waals surface area contributed by atoms with Gasteiger partial charge in [-0.05, 0) is 72.1 Å². The summed E-state index contributed by atoms with van der Waals surface area (Å²) >= 11 is -1.45. The van der Waals surface area contributed by atoms with Gasteiger partial charge in [-0.25, -0.2) is 9.38 Å². The Morgan fingerprint density at radius 3 is 2.64 bits per heavy atom. The first-order valence-electron chi connectivity index (χ1n) is 9.55. The average Bonchev–Trinajstić information content (AvgIpc) is 2.96. The summed E-state index contributed by atoms with van der Waals surface area (Å²) in [7, 11) is 1.66. The fourth-order valence-corrected chi connectivity index (χ4v) is 3.33. The molecule has 1 aromatic carbocycles. The van der Waals surface area contributed by atoms with Gasteiger partial charge >= 0.3 is 0 Å². The second kappa shape index (κ2) is 9.37. The van der Waals surface area contributed by atoms with Gasteiger partial charge in [0.1, 0.15) is 28.5 Å². The van der Waals surface area contributed by atoms with Crippen LogP contribution in [0.25, 0.3) is 0 Å². The minimum atomic E-state index is -1.45. The highest BCUT2D eigenvalue weighted by atomic mass is 32.2. The monoisotopic (exact) mass is 410 g/mol. The Morgan fingerprint density at radius 2 is 2.07 bits per heavy atom. The number of rotatable bonds is 8. The number of nitrogens with zero attached hydrogens (tertiary/aromatic N) is 2. The molecule has 0 fully saturated rings. The van der Waals surface area contributed by atoms with E-state index in [-0.39, 0.29) is 11.4 Å². The second-order valence-corrected chi connectivity index (χ2v) is 10.5. The van der Waals surface area contributed by atoms with Crippen LogP contribution in [-0.4, -0.2) is 46.8 Å². The highest BCUT2D eigenvalue weighted by Crippen LogP contribution is 2.26. The Labute approximate surface area is 170 Å². The van der Waals surface area contributed by atoms with Crippen molar-refractivity contribution in [2.75, 3.05) is 20.3 Å². The molecule has 1 aromatic rings. The lowest BCUT2D eigenvalue weighted by Gasteiger charge is -2.20. The predicted molar refractivity (Wildman–Crippen MR) is 113 cm³/mol. The molecule has 28 heavy (non-hydrogen) atoms. The minimum absolute atomic E-state index is 0.328. The quantitative estimate of drug-likeness (QED) is 0.361. The molecule has 0 spiro atoms. The van der Waals surface area contributed by atoms with Gasteiger partial charge in [0, 0.05) is 24.8 Å². The van der Waals surface area contributed by atoms with E-state index in [0.29, 0.717) is 42.4 Å². The summed E-state index contributed by atoms with van der Waals surface area (Å²) < 4.78 is 41.7. The van der Waals surface area contributed by atoms with E-state index < -0.39 is 16.1 Å². The Balaban J connectivity index is 2.46. The zero-order valence-corrected chi connectivity index (χ0v) is 18.5. The zero-order valence-electron chi connectivity index (χ0n) is 17.7. The summed E-state index contributed by atoms with van der Waals surface area (Å²) in [6.45, 7) is 10.7. The maximum atomic E-state index is 14.1. The summed E-state index contributed by atoms with van der Waals surface area (Å²) in [5.74, 6) is 0.105. The van der Waals surface area contributed by atoms with Crippen molar-refractivity contribution in [2.45, 2.75) is 64.2 Å². The molecule has 0 aliphatic carbocycles. The summed E-state index contributed by atoms with van der Waals surface area (Å²) in [6, 6.07) is 4.48. The fraction of sp³-hybridized carbons (Fsp3) is 0.619. The lowest BCUT2D eigenvalue weighted by Crippen LogP contribution is -2.27. The Morgan fingerprint density at radius 1 is 1.36 bits per heavy atom. The van der Waals surface area contributed by atoms with Crippen LogP contribution in [0.5, 0.6) is 0 Å². The molecule has 0 bridgehead atoms. The van der Waals surface area contributed by atoms with Crippen molar-refractivity contribution in [1.29, 1.82) is 0 Å². The van der Waals surface area contributed by atoms with E-state index in [0.717, 1.165) is 12.8 Å². The van der Waals surface area contributed by atoms with Gasteiger partial charge in [0.15, 0.2) is 0 Å². The van der Waals surface area contributed by atoms with Gasteiger partial charge in [0.25, 0.3) is 0 Å². The average molecular weight is 411 g/mol. The standard InChI is InChI=1S/C21H31FN2O3S/c1-20(2,3)28(25)24-18(9-7-8-12-26-6)17-13-15(22)10-11-16(17)19-23-21(4,5)14-27-19/h10-11,13H,7-9,12,14H2,1-6H3. The van der Waals surface area contributed by atoms with Crippen LogP contribution < -0.4 is 0 Å². The van der Waals surface area contributed by atoms with Crippen LogP contribution >= 0.6 is 0 Å². The fourth-order valence-electron chi connectivity index (χ4n) is 2.67. The molecule has 0 N–H and O–H groups in total. The molecule has 2 rings (SSSR count). The summed E-state index contributed by atoms with van der Waals surface area (Å²) in [5.41, 5.74) is 1.55. The van der Waals surface area contributed by atoms with E-state index in [2.05, 4.69) is 9.39 Å². The van der Waals surface area contributed by atoms with Crippen molar-refractivity contribution in [3.8, 4) is 0 Å². The molecule has 1 aliphatic heterocycles. The summed E-state index contributed by atoms with van der Waals surface area (Å²) in [4.78, 5) is 4.62. The molecule has 156 valence electrons. The number of ether oxygens (including phenoxy) is 2. The van der Waals surface area contributed by atoms with Gasteiger partial charge in [-0.3, -0.25) is 0 Å². The number of methoxy groups -OCH3 is 1. The lowest BCUT2D eigenvalue weighted by atomic mass is 9.98. The highest BCUT2D eigenvalue weighted by Gasteiger charge is 2.31. The molecule has 1 aliphatic rings. The lowest BCUT2D eigenvalue weighted by molar-refractivity contribution is 0.193. The van der Waals surface area contributed by atoms with Gasteiger partial charge < -0.3 is 14.0 Å². The van der Waals surface area contributed by atoms with Gasteiger partial charge in [-0.2, -0.15) is 0 Å². The van der Waals surface area contributed by atoms with E-state index in [1.165, 1.54) is 12.1 Å². The van der Waals surface area contributed by atoms with E-state index in [4.69, 9.17) is 9.47 Å². The van der Waals surface area contributed by atoms with Crippen molar-refractivity contribution < 1.29 is 18.4 Å². The molecule has 0 saturated heterocycles. The maximum absolute atomic E-state index is 14.1. The molecule has 0 saturated carbocycles. The minimum Gasteiger partial charge on any atom is -0.591 e. The van der Waals surface area contributed by atoms with Crippen molar-refractivity contribution in [2.24, 2.45) is 9.39 Å². The number of unbranched alkanes of at least 4 members (excludes halogenated alkanes) is 1. The van der Waals surface area contributed by atoms with Crippen LogP contribution in [0.1, 0.15) is 65.0 Å². The number of hydrogen-bond acceptors (Lipinski definition) is 5. The topological polar surface area (TPSA) is 66.2 Å². The normalized spacial score (nSPS) is 18.0. The molecule has 5 nitrogen and oxygen atoms in total. The molecule has 1 atom stereocenters. The first-order chi connectivity index (χ1) is 13.0. The number of benzene rings is 1. The molecule has 7 heteroatoms. The molecule has 1 unspecified atom stereocenters. The summed E-state index contributed by atoms with van der Waals surface area (Å²) in [5, 5.41) is 0. The van der Waals surface area contributed by atoms with Crippen LogP contribution in [0.2, 0.25) is 0 Å². The van der Waals surface area contributed by atoms with Gasteiger partial charge in [-0.1, -0.05) is 4.40 Å². The highest BCUT2D eigenvalue weighted by molar-refractivity contribution is 7.91. The van der Waals surface area contributed by atoms with Crippen molar-refractivity contribution >= 4 is 23.0 Å². The maximum Gasteiger partial charge on any atom is 0.217 e. The van der Waals surface area contributed by atoms with Crippen molar-refractivity contribution in [1.82, 2.24) is 0 Å². The molecule has 1 heterocycles. The number of halogens is 1. The van der Waals surface area contributed by atoms with Crippen LogP contribution in [0.15, 0.2) is 27.6 Å². The molecule has 0 amide bonds. The second-order valence-electron chi connectivity index (χ2n) is 8.56. The van der Waals surface area contributed by atoms with Gasteiger partial charge in [0.05, 0.1) is 11.3 Å². The van der Waals surface area contributed by atoms with Crippen LogP contribution in [0.4, 0.5) is 4.39 Å². The molecule has 0 radical (unpaired) electrons.